The molecule has 33 heavy (non-hydrogen) atoms. The van der Waals surface area contributed by atoms with E-state index in [1.54, 1.807) is 11.8 Å². The summed E-state index contributed by atoms with van der Waals surface area (Å²) in [4.78, 5) is 34.9. The standard InChI is InChI=1S/C22H29ClN6O4/c1-3-33-18(30)8-10-28(21-19(29(31)32)20(24)25-22(23)26-21)14-17-6-4-5-16(11-17)13-27-9-7-15(2)12-27/h4-6,11,15H,3,7-10,12-14H2,1-2H3,(H2,24,25,26). The molecule has 10 nitrogen and oxygen atoms in total. The van der Waals surface area contributed by atoms with Crippen molar-refractivity contribution in [2.24, 2.45) is 5.92 Å². The molecule has 0 bridgehead atoms. The van der Waals surface area contributed by atoms with Crippen LogP contribution in [0.1, 0.15) is 37.8 Å². The highest BCUT2D eigenvalue weighted by molar-refractivity contribution is 6.28. The number of halogens is 1. The van der Waals surface area contributed by atoms with Crippen molar-refractivity contribution in [3.05, 3.63) is 50.8 Å². The molecule has 1 saturated heterocycles. The van der Waals surface area contributed by atoms with Crippen molar-refractivity contribution in [1.29, 1.82) is 0 Å². The van der Waals surface area contributed by atoms with Crippen LogP contribution in [-0.2, 0) is 22.6 Å². The van der Waals surface area contributed by atoms with E-state index in [1.807, 2.05) is 12.1 Å². The number of nitrogens with two attached hydrogens (primary N) is 1. The topological polar surface area (TPSA) is 128 Å². The van der Waals surface area contributed by atoms with Crippen molar-refractivity contribution in [1.82, 2.24) is 14.9 Å². The fourth-order valence-corrected chi connectivity index (χ4v) is 4.19. The van der Waals surface area contributed by atoms with Gasteiger partial charge in [0.2, 0.25) is 16.9 Å². The molecule has 1 atom stereocenters. The molecule has 0 saturated carbocycles. The molecule has 0 amide bonds. The second-order valence-corrected chi connectivity index (χ2v) is 8.57. The summed E-state index contributed by atoms with van der Waals surface area (Å²) in [5.41, 5.74) is 7.42. The minimum atomic E-state index is -0.636. The minimum absolute atomic E-state index is 0.0257. The van der Waals surface area contributed by atoms with Gasteiger partial charge < -0.3 is 15.4 Å². The van der Waals surface area contributed by atoms with E-state index in [2.05, 4.69) is 33.9 Å². The first kappa shape index (κ1) is 24.7. The summed E-state index contributed by atoms with van der Waals surface area (Å²) in [5, 5.41) is 11.5. The molecule has 11 heteroatoms. The number of nitrogen functional groups attached to an aromatic ring is 1. The lowest BCUT2D eigenvalue weighted by Crippen LogP contribution is -2.28. The molecule has 1 unspecified atom stereocenters. The average Bonchev–Trinajstić information content (AvgIpc) is 3.15. The smallest absolute Gasteiger partial charge is 0.353 e. The van der Waals surface area contributed by atoms with E-state index in [-0.39, 0.29) is 43.0 Å². The number of nitro groups is 1. The summed E-state index contributed by atoms with van der Waals surface area (Å²) in [6.07, 6.45) is 1.22. The Morgan fingerprint density at radius 3 is 2.82 bits per heavy atom. The highest BCUT2D eigenvalue weighted by Gasteiger charge is 2.28. The number of nitrogens with zero attached hydrogens (tertiary/aromatic N) is 5. The van der Waals surface area contributed by atoms with Crippen LogP contribution in [0.2, 0.25) is 5.28 Å². The maximum absolute atomic E-state index is 12.0. The van der Waals surface area contributed by atoms with Crippen LogP contribution >= 0.6 is 11.6 Å². The molecule has 3 rings (SSSR count). The second-order valence-electron chi connectivity index (χ2n) is 8.23. The third-order valence-corrected chi connectivity index (χ3v) is 5.69. The Bertz CT molecular complexity index is 1000. The van der Waals surface area contributed by atoms with Crippen LogP contribution in [0.15, 0.2) is 24.3 Å². The summed E-state index contributed by atoms with van der Waals surface area (Å²) in [5.74, 6) is -0.0659. The largest absolute Gasteiger partial charge is 0.466 e. The number of carbonyl (C=O) groups is 1. The third kappa shape index (κ3) is 6.75. The number of anilines is 2. The predicted octanol–water partition coefficient (Wildman–Crippen LogP) is 3.42. The summed E-state index contributed by atoms with van der Waals surface area (Å²) in [6, 6.07) is 8.03. The summed E-state index contributed by atoms with van der Waals surface area (Å²) in [6.45, 7) is 7.62. The lowest BCUT2D eigenvalue weighted by Gasteiger charge is -2.24. The lowest BCUT2D eigenvalue weighted by molar-refractivity contribution is -0.383. The van der Waals surface area contributed by atoms with Crippen molar-refractivity contribution >= 4 is 34.9 Å². The van der Waals surface area contributed by atoms with Gasteiger partial charge in [0.1, 0.15) is 0 Å². The van der Waals surface area contributed by atoms with E-state index in [4.69, 9.17) is 22.1 Å². The van der Waals surface area contributed by atoms with Crippen LogP contribution in [0, 0.1) is 16.0 Å². The SMILES string of the molecule is CCOC(=O)CCN(Cc1cccc(CN2CCC(C)C2)c1)c1nc(Cl)nc(N)c1[N+](=O)[O-]. The Morgan fingerprint density at radius 2 is 2.15 bits per heavy atom. The first-order chi connectivity index (χ1) is 15.8. The Morgan fingerprint density at radius 1 is 1.39 bits per heavy atom. The number of hydrogen-bond donors (Lipinski definition) is 1. The Kier molecular flexibility index (Phi) is 8.40. The molecular weight excluding hydrogens is 448 g/mol. The molecule has 0 aliphatic carbocycles. The molecule has 1 fully saturated rings. The van der Waals surface area contributed by atoms with Crippen LogP contribution in [0.3, 0.4) is 0 Å². The molecule has 2 aromatic rings. The molecule has 1 aromatic heterocycles. The van der Waals surface area contributed by atoms with Gasteiger partial charge in [0, 0.05) is 26.2 Å². The Labute approximate surface area is 197 Å². The average molecular weight is 477 g/mol. The van der Waals surface area contributed by atoms with E-state index < -0.39 is 16.6 Å². The maximum atomic E-state index is 12.0. The van der Waals surface area contributed by atoms with Crippen LogP contribution in [0.5, 0.6) is 0 Å². The zero-order valence-corrected chi connectivity index (χ0v) is 19.6. The fraction of sp³-hybridized carbons (Fsp3) is 0.500. The molecule has 0 spiro atoms. The van der Waals surface area contributed by atoms with Gasteiger partial charge in [0.25, 0.3) is 0 Å². The number of aromatic nitrogens is 2. The second kappa shape index (κ2) is 11.2. The number of likely N-dealkylation sites (tertiary alicyclic amines) is 1. The number of hydrogen-bond acceptors (Lipinski definition) is 9. The first-order valence-electron chi connectivity index (χ1n) is 10.9. The van der Waals surface area contributed by atoms with Crippen LogP contribution in [0.4, 0.5) is 17.3 Å². The first-order valence-corrected chi connectivity index (χ1v) is 11.3. The van der Waals surface area contributed by atoms with Gasteiger partial charge in [0.15, 0.2) is 0 Å². The van der Waals surface area contributed by atoms with Gasteiger partial charge in [-0.15, -0.1) is 0 Å². The van der Waals surface area contributed by atoms with E-state index in [1.165, 1.54) is 6.42 Å². The molecule has 2 N–H and O–H groups in total. The Hall–Kier alpha value is -2.98. The summed E-state index contributed by atoms with van der Waals surface area (Å²) in [7, 11) is 0. The number of ether oxygens (including phenoxy) is 1. The van der Waals surface area contributed by atoms with Crippen molar-refractivity contribution < 1.29 is 14.5 Å². The fourth-order valence-electron chi connectivity index (χ4n) is 4.02. The highest BCUT2D eigenvalue weighted by Crippen LogP contribution is 2.33. The molecule has 1 aliphatic heterocycles. The zero-order chi connectivity index (χ0) is 24.0. The van der Waals surface area contributed by atoms with Crippen LogP contribution in [-0.4, -0.2) is 52.0 Å². The number of benzene rings is 1. The van der Waals surface area contributed by atoms with Crippen molar-refractivity contribution in [2.45, 2.75) is 39.8 Å². The highest BCUT2D eigenvalue weighted by atomic mass is 35.5. The van der Waals surface area contributed by atoms with Crippen molar-refractivity contribution in [3.63, 3.8) is 0 Å². The molecular formula is C22H29ClN6O4. The number of rotatable bonds is 10. The van der Waals surface area contributed by atoms with Crippen LogP contribution < -0.4 is 10.6 Å². The van der Waals surface area contributed by atoms with Crippen LogP contribution in [0.25, 0.3) is 0 Å². The van der Waals surface area contributed by atoms with Gasteiger partial charge in [-0.25, -0.2) is 0 Å². The monoisotopic (exact) mass is 476 g/mol. The van der Waals surface area contributed by atoms with Gasteiger partial charge in [0.05, 0.1) is 18.0 Å². The molecule has 1 aliphatic rings. The Balaban J connectivity index is 1.87. The molecule has 1 aromatic carbocycles. The maximum Gasteiger partial charge on any atom is 0.353 e. The number of esters is 1. The lowest BCUT2D eigenvalue weighted by atomic mass is 10.1. The van der Waals surface area contributed by atoms with Crippen molar-refractivity contribution in [2.75, 3.05) is 36.9 Å². The van der Waals surface area contributed by atoms with E-state index in [9.17, 15) is 14.9 Å². The van der Waals surface area contributed by atoms with E-state index in [0.717, 1.165) is 30.8 Å². The molecule has 2 heterocycles. The zero-order valence-electron chi connectivity index (χ0n) is 18.9. The van der Waals surface area contributed by atoms with E-state index >= 15 is 0 Å². The normalized spacial score (nSPS) is 16.0. The molecule has 178 valence electrons. The van der Waals surface area contributed by atoms with Crippen molar-refractivity contribution in [3.8, 4) is 0 Å². The van der Waals surface area contributed by atoms with Gasteiger partial charge in [-0.2, -0.15) is 9.97 Å². The van der Waals surface area contributed by atoms with Gasteiger partial charge in [-0.1, -0.05) is 31.2 Å². The molecule has 0 radical (unpaired) electrons. The quantitative estimate of drug-likeness (QED) is 0.237. The minimum Gasteiger partial charge on any atom is -0.466 e. The predicted molar refractivity (Wildman–Crippen MR) is 126 cm³/mol. The van der Waals surface area contributed by atoms with E-state index in [0.29, 0.717) is 5.92 Å². The summed E-state index contributed by atoms with van der Waals surface area (Å²) < 4.78 is 5.02. The summed E-state index contributed by atoms with van der Waals surface area (Å²) >= 11 is 5.97. The van der Waals surface area contributed by atoms with Gasteiger partial charge in [-0.05, 0) is 48.5 Å². The van der Waals surface area contributed by atoms with Gasteiger partial charge in [-0.3, -0.25) is 19.8 Å². The third-order valence-electron chi connectivity index (χ3n) is 5.52. The number of carbonyl (C=O) groups excluding carboxylic acids is 1. The van der Waals surface area contributed by atoms with Gasteiger partial charge >= 0.3 is 11.7 Å².